The van der Waals surface area contributed by atoms with Crippen molar-refractivity contribution in [2.24, 2.45) is 47.0 Å². The molecule has 2 aromatic heterocycles. The number of amides is 2. The first kappa shape index (κ1) is 23.0. The van der Waals surface area contributed by atoms with Crippen LogP contribution < -0.4 is 33.6 Å². The highest BCUT2D eigenvalue weighted by Crippen LogP contribution is 2.19. The molecule has 13 heteroatoms. The van der Waals surface area contributed by atoms with E-state index in [1.807, 2.05) is 0 Å². The molecule has 0 aliphatic carbocycles. The van der Waals surface area contributed by atoms with Gasteiger partial charge in [-0.15, -0.1) is 0 Å². The Kier molecular flexibility index (Phi) is 7.38. The third kappa shape index (κ3) is 6.62. The number of aryl methyl sites for hydroxylation is 2. The number of aromatic nitrogens is 2. The summed E-state index contributed by atoms with van der Waals surface area (Å²) in [5, 5.41) is 12.6. The topological polar surface area (TPSA) is 221 Å². The minimum Gasteiger partial charge on any atom is -0.388 e. The Morgan fingerprint density at radius 3 is 2.32 bits per heavy atom. The molecule has 0 bridgehead atoms. The van der Waals surface area contributed by atoms with Crippen LogP contribution >= 0.6 is 0 Å². The SMILES string of the molecule is Cn1cc(NC(=O)c2cc(N=C(N)CN=C(N)N)cn2C)cc1C(=O)NCCC(=N)N. The summed E-state index contributed by atoms with van der Waals surface area (Å²) in [6, 6.07) is 3.12. The van der Waals surface area contributed by atoms with Gasteiger partial charge in [-0.1, -0.05) is 0 Å². The molecule has 2 rings (SSSR count). The second-order valence-electron chi connectivity index (χ2n) is 6.75. The van der Waals surface area contributed by atoms with Gasteiger partial charge in [-0.3, -0.25) is 15.0 Å². The summed E-state index contributed by atoms with van der Waals surface area (Å²) in [4.78, 5) is 32.9. The molecule has 0 fully saturated rings. The highest BCUT2D eigenvalue weighted by molar-refractivity contribution is 6.05. The van der Waals surface area contributed by atoms with Crippen molar-refractivity contribution in [2.45, 2.75) is 6.42 Å². The van der Waals surface area contributed by atoms with Crippen LogP contribution in [0.2, 0.25) is 0 Å². The van der Waals surface area contributed by atoms with E-state index in [0.717, 1.165) is 0 Å². The number of carbonyl (C=O) groups excluding carboxylic acids is 2. The van der Waals surface area contributed by atoms with Crippen molar-refractivity contribution in [2.75, 3.05) is 18.4 Å². The van der Waals surface area contributed by atoms with E-state index in [1.54, 1.807) is 47.8 Å². The molecule has 2 heterocycles. The average Bonchev–Trinajstić information content (AvgIpc) is 3.21. The Morgan fingerprint density at radius 2 is 1.68 bits per heavy atom. The summed E-state index contributed by atoms with van der Waals surface area (Å²) in [6.07, 6.45) is 3.51. The lowest BCUT2D eigenvalue weighted by Gasteiger charge is -2.04. The fraction of sp³-hybridized carbons (Fsp3) is 0.278. The summed E-state index contributed by atoms with van der Waals surface area (Å²) in [5.41, 5.74) is 23.2. The smallest absolute Gasteiger partial charge is 0.272 e. The number of anilines is 1. The average molecular weight is 429 g/mol. The van der Waals surface area contributed by atoms with Crippen LogP contribution in [0.1, 0.15) is 27.4 Å². The highest BCUT2D eigenvalue weighted by atomic mass is 16.2. The van der Waals surface area contributed by atoms with E-state index in [2.05, 4.69) is 20.6 Å². The van der Waals surface area contributed by atoms with Crippen molar-refractivity contribution < 1.29 is 9.59 Å². The van der Waals surface area contributed by atoms with E-state index in [0.29, 0.717) is 22.8 Å². The normalized spacial score (nSPS) is 11.1. The first-order valence-electron chi connectivity index (χ1n) is 9.20. The number of carbonyl (C=O) groups is 2. The van der Waals surface area contributed by atoms with Crippen molar-refractivity contribution in [3.8, 4) is 0 Å². The quantitative estimate of drug-likeness (QED) is 0.194. The minimum absolute atomic E-state index is 0.00981. The van der Waals surface area contributed by atoms with Crippen LogP contribution in [0.5, 0.6) is 0 Å². The van der Waals surface area contributed by atoms with Crippen LogP contribution in [0.25, 0.3) is 0 Å². The predicted molar refractivity (Wildman–Crippen MR) is 120 cm³/mol. The maximum atomic E-state index is 12.7. The summed E-state index contributed by atoms with van der Waals surface area (Å²) < 4.78 is 3.18. The molecule has 0 aromatic carbocycles. The van der Waals surface area contributed by atoms with Gasteiger partial charge in [0, 0.05) is 39.5 Å². The molecule has 11 N–H and O–H groups in total. The van der Waals surface area contributed by atoms with Crippen molar-refractivity contribution in [3.05, 3.63) is 35.9 Å². The fourth-order valence-electron chi connectivity index (χ4n) is 2.66. The number of amidine groups is 2. The zero-order valence-electron chi connectivity index (χ0n) is 17.3. The molecule has 0 saturated heterocycles. The van der Waals surface area contributed by atoms with Crippen LogP contribution in [0.4, 0.5) is 11.4 Å². The number of rotatable bonds is 9. The highest BCUT2D eigenvalue weighted by Gasteiger charge is 2.16. The lowest BCUT2D eigenvalue weighted by atomic mass is 10.3. The first-order chi connectivity index (χ1) is 14.6. The van der Waals surface area contributed by atoms with Crippen molar-refractivity contribution in [1.29, 1.82) is 5.41 Å². The largest absolute Gasteiger partial charge is 0.388 e. The number of aliphatic imine (C=N–C) groups is 2. The third-order valence-electron chi connectivity index (χ3n) is 4.09. The number of guanidine groups is 1. The van der Waals surface area contributed by atoms with Gasteiger partial charge in [-0.25, -0.2) is 9.98 Å². The minimum atomic E-state index is -0.388. The lowest BCUT2D eigenvalue weighted by Crippen LogP contribution is -2.28. The molecule has 0 radical (unpaired) electrons. The van der Waals surface area contributed by atoms with Gasteiger partial charge in [0.1, 0.15) is 23.8 Å². The van der Waals surface area contributed by atoms with Crippen LogP contribution in [-0.2, 0) is 14.1 Å². The van der Waals surface area contributed by atoms with Crippen LogP contribution in [0.3, 0.4) is 0 Å². The molecule has 0 aliphatic heterocycles. The van der Waals surface area contributed by atoms with Crippen molar-refractivity contribution in [3.63, 3.8) is 0 Å². The molecule has 31 heavy (non-hydrogen) atoms. The molecular weight excluding hydrogens is 402 g/mol. The number of hydrogen-bond donors (Lipinski definition) is 7. The van der Waals surface area contributed by atoms with E-state index in [1.165, 1.54) is 0 Å². The number of nitrogens with one attached hydrogen (secondary N) is 3. The van der Waals surface area contributed by atoms with E-state index in [-0.39, 0.29) is 49.0 Å². The van der Waals surface area contributed by atoms with Gasteiger partial charge in [0.05, 0.1) is 17.2 Å². The Balaban J connectivity index is 2.08. The zero-order chi connectivity index (χ0) is 23.1. The monoisotopic (exact) mass is 429 g/mol. The molecule has 2 aromatic rings. The Hall–Kier alpha value is -4.29. The second-order valence-corrected chi connectivity index (χ2v) is 6.75. The van der Waals surface area contributed by atoms with Gasteiger partial charge in [-0.05, 0) is 12.1 Å². The van der Waals surface area contributed by atoms with Gasteiger partial charge in [0.2, 0.25) is 0 Å². The van der Waals surface area contributed by atoms with E-state index in [9.17, 15) is 9.59 Å². The Labute approximate surface area is 178 Å². The fourth-order valence-corrected chi connectivity index (χ4v) is 2.66. The number of nitrogens with zero attached hydrogens (tertiary/aromatic N) is 4. The zero-order valence-corrected chi connectivity index (χ0v) is 17.3. The predicted octanol–water partition coefficient (Wildman–Crippen LogP) is -1.07. The standard InChI is InChI=1S/C18H27N11O2/c1-28-9-11(6-12(28)16(30)24-4-3-14(19)20)27-17(31)13-5-10(8-29(13)2)26-15(21)7-25-18(22)23/h5-6,8-9H,3-4,7H2,1-2H3,(H3,19,20)(H2,21,26)(H,24,30)(H,27,31)(H4,22,23,25). The number of nitrogens with two attached hydrogens (primary N) is 4. The van der Waals surface area contributed by atoms with Gasteiger partial charge >= 0.3 is 0 Å². The Bertz CT molecular complexity index is 1040. The molecule has 0 atom stereocenters. The lowest BCUT2D eigenvalue weighted by molar-refractivity contribution is 0.0945. The molecular formula is C18H27N11O2. The summed E-state index contributed by atoms with van der Waals surface area (Å²) in [6.45, 7) is 0.292. The maximum Gasteiger partial charge on any atom is 0.272 e. The molecule has 0 aliphatic rings. The van der Waals surface area contributed by atoms with Gasteiger partial charge in [0.25, 0.3) is 11.8 Å². The second kappa shape index (κ2) is 9.96. The van der Waals surface area contributed by atoms with Gasteiger partial charge < -0.3 is 42.7 Å². The van der Waals surface area contributed by atoms with E-state index in [4.69, 9.17) is 28.3 Å². The van der Waals surface area contributed by atoms with Crippen molar-refractivity contribution >= 4 is 40.8 Å². The van der Waals surface area contributed by atoms with Crippen LogP contribution in [0, 0.1) is 5.41 Å². The summed E-state index contributed by atoms with van der Waals surface area (Å²) in [5.74, 6) is -0.642. The van der Waals surface area contributed by atoms with Crippen LogP contribution in [-0.4, -0.2) is 51.7 Å². The maximum absolute atomic E-state index is 12.7. The van der Waals surface area contributed by atoms with E-state index >= 15 is 0 Å². The van der Waals surface area contributed by atoms with Gasteiger partial charge in [-0.2, -0.15) is 0 Å². The van der Waals surface area contributed by atoms with Crippen molar-refractivity contribution in [1.82, 2.24) is 14.5 Å². The molecule has 13 nitrogen and oxygen atoms in total. The van der Waals surface area contributed by atoms with Gasteiger partial charge in [0.15, 0.2) is 5.96 Å². The Morgan fingerprint density at radius 1 is 1.03 bits per heavy atom. The molecule has 2 amide bonds. The summed E-state index contributed by atoms with van der Waals surface area (Å²) >= 11 is 0. The molecule has 0 saturated carbocycles. The molecule has 0 spiro atoms. The number of hydrogen-bond acceptors (Lipinski definition) is 5. The third-order valence-corrected chi connectivity index (χ3v) is 4.09. The van der Waals surface area contributed by atoms with E-state index < -0.39 is 0 Å². The molecule has 0 unspecified atom stereocenters. The first-order valence-corrected chi connectivity index (χ1v) is 9.20. The van der Waals surface area contributed by atoms with Crippen LogP contribution in [0.15, 0.2) is 34.5 Å². The molecule has 166 valence electrons. The summed E-state index contributed by atoms with van der Waals surface area (Å²) in [7, 11) is 3.38.